The van der Waals surface area contributed by atoms with E-state index in [0.29, 0.717) is 23.3 Å². The van der Waals surface area contributed by atoms with E-state index in [0.717, 1.165) is 11.1 Å². The second-order valence-electron chi connectivity index (χ2n) is 5.37. The fourth-order valence-electron chi connectivity index (χ4n) is 2.42. The second-order valence-corrected chi connectivity index (χ2v) is 5.37. The molecule has 1 fully saturated rings. The van der Waals surface area contributed by atoms with Gasteiger partial charge >= 0.3 is 0 Å². The molecule has 0 spiro atoms. The largest absolute Gasteiger partial charge is 0.397 e. The molecule has 0 bridgehead atoms. The van der Waals surface area contributed by atoms with Gasteiger partial charge in [-0.15, -0.1) is 0 Å². The predicted molar refractivity (Wildman–Crippen MR) is 77.2 cm³/mol. The van der Waals surface area contributed by atoms with Gasteiger partial charge in [0, 0.05) is 24.5 Å². The minimum absolute atomic E-state index is 0.0599. The van der Waals surface area contributed by atoms with Crippen LogP contribution in [0.5, 0.6) is 0 Å². The van der Waals surface area contributed by atoms with Crippen LogP contribution in [-0.4, -0.2) is 15.6 Å². The van der Waals surface area contributed by atoms with Crippen molar-refractivity contribution in [2.75, 3.05) is 11.1 Å². The Labute approximate surface area is 111 Å². The van der Waals surface area contributed by atoms with Crippen molar-refractivity contribution in [3.8, 4) is 0 Å². The van der Waals surface area contributed by atoms with Crippen LogP contribution in [0.4, 0.5) is 11.4 Å². The number of nitrogens with one attached hydrogen (secondary N) is 1. The quantitative estimate of drug-likeness (QED) is 0.879. The van der Waals surface area contributed by atoms with Gasteiger partial charge in [0.2, 0.25) is 0 Å². The van der Waals surface area contributed by atoms with Crippen LogP contribution in [0.2, 0.25) is 0 Å². The second kappa shape index (κ2) is 4.26. The molecule has 1 aliphatic carbocycles. The predicted octanol–water partition coefficient (Wildman–Crippen LogP) is 1.73. The number of nitrogens with two attached hydrogens (primary N) is 1. The van der Waals surface area contributed by atoms with Gasteiger partial charge in [-0.05, 0) is 31.7 Å². The number of fused-ring (bicyclic) bond motifs is 1. The number of anilines is 2. The van der Waals surface area contributed by atoms with Crippen molar-refractivity contribution in [2.24, 2.45) is 13.0 Å². The van der Waals surface area contributed by atoms with Crippen molar-refractivity contribution in [1.82, 2.24) is 9.55 Å². The van der Waals surface area contributed by atoms with E-state index in [1.807, 2.05) is 6.07 Å². The first-order chi connectivity index (χ1) is 9.06. The zero-order valence-corrected chi connectivity index (χ0v) is 11.2. The highest BCUT2D eigenvalue weighted by Crippen LogP contribution is 2.34. The van der Waals surface area contributed by atoms with Gasteiger partial charge < -0.3 is 11.1 Å². The molecule has 1 saturated carbocycles. The van der Waals surface area contributed by atoms with Gasteiger partial charge in [-0.2, -0.15) is 0 Å². The van der Waals surface area contributed by atoms with E-state index in [1.165, 1.54) is 12.8 Å². The molecule has 0 unspecified atom stereocenters. The number of hydrogen-bond donors (Lipinski definition) is 2. The SMILES string of the molecule is C[C@@H](Nc1cc(=O)n(C)c2ncc(N)cc12)C1CC1. The van der Waals surface area contributed by atoms with Crippen LogP contribution in [0.15, 0.2) is 23.1 Å². The third kappa shape index (κ3) is 2.16. The highest BCUT2D eigenvalue weighted by Gasteiger charge is 2.28. The lowest BCUT2D eigenvalue weighted by atomic mass is 10.1. The van der Waals surface area contributed by atoms with E-state index in [-0.39, 0.29) is 5.56 Å². The Bertz CT molecular complexity index is 688. The minimum Gasteiger partial charge on any atom is -0.397 e. The van der Waals surface area contributed by atoms with Crippen molar-refractivity contribution in [1.29, 1.82) is 0 Å². The molecule has 0 radical (unpaired) electrons. The number of pyridine rings is 2. The maximum absolute atomic E-state index is 12.0. The van der Waals surface area contributed by atoms with Crippen LogP contribution >= 0.6 is 0 Å². The van der Waals surface area contributed by atoms with Gasteiger partial charge in [-0.1, -0.05) is 0 Å². The highest BCUT2D eigenvalue weighted by molar-refractivity contribution is 5.90. The van der Waals surface area contributed by atoms with E-state index in [1.54, 1.807) is 23.9 Å². The van der Waals surface area contributed by atoms with Crippen molar-refractivity contribution in [2.45, 2.75) is 25.8 Å². The molecule has 3 N–H and O–H groups in total. The van der Waals surface area contributed by atoms with Gasteiger partial charge in [-0.25, -0.2) is 4.98 Å². The molecule has 0 aliphatic heterocycles. The maximum Gasteiger partial charge on any atom is 0.253 e. The summed E-state index contributed by atoms with van der Waals surface area (Å²) in [4.78, 5) is 16.2. The molecule has 100 valence electrons. The maximum atomic E-state index is 12.0. The number of rotatable bonds is 3. The zero-order chi connectivity index (χ0) is 13.6. The number of aryl methyl sites for hydroxylation is 1. The van der Waals surface area contributed by atoms with Crippen molar-refractivity contribution in [3.05, 3.63) is 28.7 Å². The topological polar surface area (TPSA) is 72.9 Å². The summed E-state index contributed by atoms with van der Waals surface area (Å²) in [6.07, 6.45) is 4.10. The van der Waals surface area contributed by atoms with Gasteiger partial charge in [0.25, 0.3) is 5.56 Å². The van der Waals surface area contributed by atoms with Crippen LogP contribution in [-0.2, 0) is 7.05 Å². The lowest BCUT2D eigenvalue weighted by Crippen LogP contribution is -2.22. The molecule has 1 aliphatic rings. The molecule has 2 heterocycles. The average Bonchev–Trinajstić information content (AvgIpc) is 3.19. The van der Waals surface area contributed by atoms with Crippen LogP contribution in [0.25, 0.3) is 11.0 Å². The highest BCUT2D eigenvalue weighted by atomic mass is 16.1. The molecule has 19 heavy (non-hydrogen) atoms. The number of nitrogen functional groups attached to an aromatic ring is 1. The summed E-state index contributed by atoms with van der Waals surface area (Å²) in [7, 11) is 1.72. The van der Waals surface area contributed by atoms with Crippen LogP contribution in [0.3, 0.4) is 0 Å². The third-order valence-corrected chi connectivity index (χ3v) is 3.81. The van der Waals surface area contributed by atoms with E-state index < -0.39 is 0 Å². The van der Waals surface area contributed by atoms with Crippen LogP contribution < -0.4 is 16.6 Å². The number of hydrogen-bond acceptors (Lipinski definition) is 4. The monoisotopic (exact) mass is 258 g/mol. The van der Waals surface area contributed by atoms with E-state index in [2.05, 4.69) is 17.2 Å². The van der Waals surface area contributed by atoms with E-state index >= 15 is 0 Å². The zero-order valence-electron chi connectivity index (χ0n) is 11.2. The number of aromatic nitrogens is 2. The molecule has 2 aromatic rings. The summed E-state index contributed by atoms with van der Waals surface area (Å²) in [5.74, 6) is 0.716. The minimum atomic E-state index is -0.0599. The van der Waals surface area contributed by atoms with E-state index in [9.17, 15) is 4.79 Å². The molecule has 2 aromatic heterocycles. The lowest BCUT2D eigenvalue weighted by Gasteiger charge is -2.17. The first-order valence-electron chi connectivity index (χ1n) is 6.58. The van der Waals surface area contributed by atoms with Gasteiger partial charge in [0.1, 0.15) is 5.65 Å². The standard InChI is InChI=1S/C14H18N4O/c1-8(9-3-4-9)17-12-6-13(19)18(2)14-11(12)5-10(15)7-16-14/h5-9,17H,3-4,15H2,1-2H3/t8-/m1/s1. The van der Waals surface area contributed by atoms with Crippen LogP contribution in [0, 0.1) is 5.92 Å². The summed E-state index contributed by atoms with van der Waals surface area (Å²) in [6, 6.07) is 3.86. The molecule has 0 amide bonds. The molecule has 0 aromatic carbocycles. The van der Waals surface area contributed by atoms with Crippen molar-refractivity contribution >= 4 is 22.4 Å². The Morgan fingerprint density at radius 1 is 1.47 bits per heavy atom. The summed E-state index contributed by atoms with van der Waals surface area (Å²) in [6.45, 7) is 2.15. The molecule has 0 saturated heterocycles. The first kappa shape index (κ1) is 12.0. The summed E-state index contributed by atoms with van der Waals surface area (Å²) in [5, 5.41) is 4.33. The Hall–Kier alpha value is -2.04. The van der Waals surface area contributed by atoms with Gasteiger partial charge in [-0.3, -0.25) is 9.36 Å². The first-order valence-corrected chi connectivity index (χ1v) is 6.58. The molecule has 5 heteroatoms. The average molecular weight is 258 g/mol. The Kier molecular flexibility index (Phi) is 2.69. The molecule has 1 atom stereocenters. The van der Waals surface area contributed by atoms with Crippen molar-refractivity contribution < 1.29 is 0 Å². The smallest absolute Gasteiger partial charge is 0.253 e. The molecule has 5 nitrogen and oxygen atoms in total. The Balaban J connectivity index is 2.13. The number of nitrogens with zero attached hydrogens (tertiary/aromatic N) is 2. The molecule has 3 rings (SSSR count). The fourth-order valence-corrected chi connectivity index (χ4v) is 2.42. The summed E-state index contributed by atoms with van der Waals surface area (Å²) in [5.41, 5.74) is 7.84. The summed E-state index contributed by atoms with van der Waals surface area (Å²) < 4.78 is 1.54. The van der Waals surface area contributed by atoms with Crippen LogP contribution in [0.1, 0.15) is 19.8 Å². The van der Waals surface area contributed by atoms with Crippen molar-refractivity contribution in [3.63, 3.8) is 0 Å². The Morgan fingerprint density at radius 3 is 2.89 bits per heavy atom. The normalized spacial score (nSPS) is 16.5. The lowest BCUT2D eigenvalue weighted by molar-refractivity contribution is 0.694. The molecular formula is C14H18N4O. The van der Waals surface area contributed by atoms with E-state index in [4.69, 9.17) is 5.73 Å². The van der Waals surface area contributed by atoms with Gasteiger partial charge in [0.15, 0.2) is 0 Å². The fraction of sp³-hybridized carbons (Fsp3) is 0.429. The third-order valence-electron chi connectivity index (χ3n) is 3.81. The van der Waals surface area contributed by atoms with Gasteiger partial charge in [0.05, 0.1) is 17.6 Å². The molecular weight excluding hydrogens is 240 g/mol. The summed E-state index contributed by atoms with van der Waals surface area (Å²) >= 11 is 0. The Morgan fingerprint density at radius 2 is 2.21 bits per heavy atom.